The van der Waals surface area contributed by atoms with Gasteiger partial charge in [-0.15, -0.1) is 0 Å². The van der Waals surface area contributed by atoms with Gasteiger partial charge in [-0.25, -0.2) is 0 Å². The second kappa shape index (κ2) is 5.93. The Bertz CT molecular complexity index is 396. The smallest absolute Gasteiger partial charge is 0.147 e. The fraction of sp³-hybridized carbons (Fsp3) is 0.933. The molecule has 6 heteroatoms. The number of ketones is 1. The Morgan fingerprint density at radius 1 is 1.33 bits per heavy atom. The van der Waals surface area contributed by atoms with E-state index in [4.69, 9.17) is 10.5 Å². The number of piperidine rings is 2. The molecular formula is C15H27N3O3. The van der Waals surface area contributed by atoms with Crippen molar-refractivity contribution in [3.05, 3.63) is 0 Å². The number of Topliss-reactive ketones (excluding diaryl/α,β-unsaturated/α-hetero) is 1. The second-order valence-electron chi connectivity index (χ2n) is 7.11. The Morgan fingerprint density at radius 3 is 2.71 bits per heavy atom. The molecule has 3 aliphatic rings. The number of fused-ring (bicyclic) bond motifs is 2. The summed E-state index contributed by atoms with van der Waals surface area (Å²) in [6.07, 6.45) is 0.683. The number of hydrogen-bond acceptors (Lipinski definition) is 6. The molecule has 6 nitrogen and oxygen atoms in total. The van der Waals surface area contributed by atoms with Gasteiger partial charge in [0.25, 0.3) is 0 Å². The van der Waals surface area contributed by atoms with Crippen molar-refractivity contribution in [1.82, 2.24) is 10.6 Å². The molecule has 0 aromatic carbocycles. The summed E-state index contributed by atoms with van der Waals surface area (Å²) in [5.74, 6) is 1.02. The summed E-state index contributed by atoms with van der Waals surface area (Å²) >= 11 is 0. The molecule has 0 saturated carbocycles. The number of aliphatic hydroxyl groups is 1. The van der Waals surface area contributed by atoms with Gasteiger partial charge in [-0.3, -0.25) is 15.4 Å². The summed E-state index contributed by atoms with van der Waals surface area (Å²) in [6.45, 7) is 5.31. The van der Waals surface area contributed by atoms with Gasteiger partial charge in [0, 0.05) is 19.1 Å². The highest BCUT2D eigenvalue weighted by Crippen LogP contribution is 2.38. The Balaban J connectivity index is 1.74. The van der Waals surface area contributed by atoms with Crippen molar-refractivity contribution in [3.8, 4) is 0 Å². The van der Waals surface area contributed by atoms with Gasteiger partial charge in [0.05, 0.1) is 18.0 Å². The number of carbonyl (C=O) groups excluding carboxylic acids is 1. The second-order valence-corrected chi connectivity index (χ2v) is 7.11. The third-order valence-corrected chi connectivity index (χ3v) is 5.49. The molecule has 3 saturated heterocycles. The van der Waals surface area contributed by atoms with Crippen LogP contribution in [0.1, 0.15) is 26.7 Å². The number of rotatable bonds is 2. The Morgan fingerprint density at radius 2 is 2.05 bits per heavy atom. The number of ether oxygens (including phenoxy) is 1. The first-order chi connectivity index (χ1) is 10.0. The van der Waals surface area contributed by atoms with Crippen LogP contribution < -0.4 is 16.4 Å². The van der Waals surface area contributed by atoms with Gasteiger partial charge in [-0.05, 0) is 24.7 Å². The maximum Gasteiger partial charge on any atom is 0.147 e. The molecular weight excluding hydrogens is 270 g/mol. The van der Waals surface area contributed by atoms with Gasteiger partial charge < -0.3 is 15.6 Å². The average Bonchev–Trinajstić information content (AvgIpc) is 2.46. The van der Waals surface area contributed by atoms with E-state index in [1.54, 1.807) is 0 Å². The molecule has 0 bridgehead atoms. The van der Waals surface area contributed by atoms with Crippen molar-refractivity contribution >= 4 is 5.78 Å². The first-order valence-electron chi connectivity index (χ1n) is 8.06. The number of hydrogen-bond donors (Lipinski definition) is 4. The number of nitrogens with one attached hydrogen (secondary N) is 2. The minimum Gasteiger partial charge on any atom is -0.396 e. The van der Waals surface area contributed by atoms with E-state index in [1.807, 2.05) is 0 Å². The molecule has 3 fully saturated rings. The molecule has 7 atom stereocenters. The lowest BCUT2D eigenvalue weighted by Crippen LogP contribution is -2.67. The minimum absolute atomic E-state index is 0.00559. The molecule has 7 unspecified atom stereocenters. The lowest BCUT2D eigenvalue weighted by atomic mass is 9.73. The van der Waals surface area contributed by atoms with Crippen LogP contribution in [-0.4, -0.2) is 42.7 Å². The van der Waals surface area contributed by atoms with E-state index >= 15 is 0 Å². The molecule has 0 aliphatic carbocycles. The van der Waals surface area contributed by atoms with E-state index in [1.165, 1.54) is 0 Å². The van der Waals surface area contributed by atoms with E-state index in [0.29, 0.717) is 18.3 Å². The normalized spacial score (nSPS) is 47.1. The molecule has 3 heterocycles. The minimum atomic E-state index is -0.320. The van der Waals surface area contributed by atoms with Crippen LogP contribution in [0, 0.1) is 29.6 Å². The fourth-order valence-corrected chi connectivity index (χ4v) is 3.92. The van der Waals surface area contributed by atoms with Crippen molar-refractivity contribution in [2.24, 2.45) is 35.3 Å². The lowest BCUT2D eigenvalue weighted by molar-refractivity contribution is -0.187. The summed E-state index contributed by atoms with van der Waals surface area (Å²) in [5.41, 5.74) is 5.99. The van der Waals surface area contributed by atoms with Crippen LogP contribution >= 0.6 is 0 Å². The van der Waals surface area contributed by atoms with Crippen LogP contribution in [0.15, 0.2) is 0 Å². The van der Waals surface area contributed by atoms with Gasteiger partial charge in [-0.1, -0.05) is 13.8 Å². The molecule has 0 aromatic rings. The van der Waals surface area contributed by atoms with Crippen LogP contribution in [0.25, 0.3) is 0 Å². The fourth-order valence-electron chi connectivity index (χ4n) is 3.92. The zero-order valence-electron chi connectivity index (χ0n) is 12.8. The first kappa shape index (κ1) is 15.4. The van der Waals surface area contributed by atoms with E-state index in [-0.39, 0.29) is 48.8 Å². The van der Waals surface area contributed by atoms with Crippen molar-refractivity contribution in [3.63, 3.8) is 0 Å². The Labute approximate surface area is 125 Å². The van der Waals surface area contributed by atoms with E-state index in [2.05, 4.69) is 24.5 Å². The van der Waals surface area contributed by atoms with Crippen LogP contribution in [0.4, 0.5) is 0 Å². The summed E-state index contributed by atoms with van der Waals surface area (Å²) in [5, 5.41) is 15.9. The number of carbonyl (C=O) groups is 1. The monoisotopic (exact) mass is 297 g/mol. The van der Waals surface area contributed by atoms with E-state index in [0.717, 1.165) is 13.0 Å². The topological polar surface area (TPSA) is 96.6 Å². The molecule has 120 valence electrons. The van der Waals surface area contributed by atoms with Crippen molar-refractivity contribution in [1.29, 1.82) is 0 Å². The molecule has 3 aliphatic heterocycles. The van der Waals surface area contributed by atoms with Gasteiger partial charge in [0.2, 0.25) is 0 Å². The zero-order chi connectivity index (χ0) is 15.1. The summed E-state index contributed by atoms with van der Waals surface area (Å²) in [7, 11) is 0. The molecule has 21 heavy (non-hydrogen) atoms. The van der Waals surface area contributed by atoms with Gasteiger partial charge in [-0.2, -0.15) is 0 Å². The SMILES string of the molecule is CC(C)C1CNC2OC3NC(N)C(CO)CC3C(=O)C2C1. The largest absolute Gasteiger partial charge is 0.396 e. The summed E-state index contributed by atoms with van der Waals surface area (Å²) in [6, 6.07) is 0. The Kier molecular flexibility index (Phi) is 4.34. The Hall–Kier alpha value is -0.530. The van der Waals surface area contributed by atoms with Crippen molar-refractivity contribution < 1.29 is 14.6 Å². The first-order valence-corrected chi connectivity index (χ1v) is 8.06. The van der Waals surface area contributed by atoms with Crippen molar-refractivity contribution in [2.45, 2.75) is 45.3 Å². The molecule has 0 amide bonds. The highest BCUT2D eigenvalue weighted by atomic mass is 16.5. The molecule has 5 N–H and O–H groups in total. The van der Waals surface area contributed by atoms with Gasteiger partial charge in [0.1, 0.15) is 18.2 Å². The highest BCUT2D eigenvalue weighted by Gasteiger charge is 2.50. The van der Waals surface area contributed by atoms with Crippen molar-refractivity contribution in [2.75, 3.05) is 13.2 Å². The molecule has 0 aromatic heterocycles. The summed E-state index contributed by atoms with van der Waals surface area (Å²) < 4.78 is 6.05. The van der Waals surface area contributed by atoms with Gasteiger partial charge in [0.15, 0.2) is 0 Å². The maximum atomic E-state index is 12.8. The highest BCUT2D eigenvalue weighted by molar-refractivity contribution is 5.85. The third-order valence-electron chi connectivity index (χ3n) is 5.49. The lowest BCUT2D eigenvalue weighted by Gasteiger charge is -2.49. The van der Waals surface area contributed by atoms with Crippen LogP contribution in [0.2, 0.25) is 0 Å². The summed E-state index contributed by atoms with van der Waals surface area (Å²) in [4.78, 5) is 12.8. The number of aliphatic hydroxyl groups excluding tert-OH is 1. The maximum absolute atomic E-state index is 12.8. The standard InChI is InChI=1S/C15H27N3O3/c1-7(2)8-3-10-12(20)11-4-9(6-19)13(16)18-15(11)21-14(10)17-5-8/h7-11,13-15,17-19H,3-6,16H2,1-2H3. The quantitative estimate of drug-likeness (QED) is 0.555. The predicted octanol–water partition coefficient (Wildman–Crippen LogP) is -0.378. The molecule has 0 radical (unpaired) electrons. The van der Waals surface area contributed by atoms with Crippen LogP contribution in [0.3, 0.4) is 0 Å². The third kappa shape index (κ3) is 2.75. The zero-order valence-corrected chi connectivity index (χ0v) is 12.8. The average molecular weight is 297 g/mol. The van der Waals surface area contributed by atoms with Crippen LogP contribution in [-0.2, 0) is 9.53 Å². The molecule has 3 rings (SSSR count). The van der Waals surface area contributed by atoms with Crippen LogP contribution in [0.5, 0.6) is 0 Å². The van der Waals surface area contributed by atoms with E-state index < -0.39 is 0 Å². The molecule has 0 spiro atoms. The van der Waals surface area contributed by atoms with E-state index in [9.17, 15) is 9.90 Å². The van der Waals surface area contributed by atoms with Gasteiger partial charge >= 0.3 is 0 Å². The number of nitrogens with two attached hydrogens (primary N) is 1. The predicted molar refractivity (Wildman–Crippen MR) is 77.9 cm³/mol.